The fourth-order valence-electron chi connectivity index (χ4n) is 2.83. The zero-order valence-electron chi connectivity index (χ0n) is 14.7. The summed E-state index contributed by atoms with van der Waals surface area (Å²) in [7, 11) is -8.01. The van der Waals surface area contributed by atoms with E-state index in [0.29, 0.717) is 5.56 Å². The molecular formula is C20H18O5S2. The molecule has 3 aromatic carbocycles. The van der Waals surface area contributed by atoms with Crippen LogP contribution in [-0.4, -0.2) is 21.9 Å². The molecule has 0 aliphatic heterocycles. The molecule has 0 amide bonds. The zero-order valence-corrected chi connectivity index (χ0v) is 16.4. The van der Waals surface area contributed by atoms with E-state index in [1.54, 1.807) is 37.3 Å². The monoisotopic (exact) mass is 402 g/mol. The van der Waals surface area contributed by atoms with E-state index in [0.717, 1.165) is 17.7 Å². The summed E-state index contributed by atoms with van der Waals surface area (Å²) in [5.41, 5.74) is 1.49. The summed E-state index contributed by atoms with van der Waals surface area (Å²) in [6.45, 7) is 3.54. The average molecular weight is 402 g/mol. The van der Waals surface area contributed by atoms with Gasteiger partial charge < -0.3 is 5.11 Å². The van der Waals surface area contributed by atoms with E-state index in [9.17, 15) is 21.9 Å². The average Bonchev–Trinajstić information content (AvgIpc) is 2.62. The Morgan fingerprint density at radius 2 is 1.30 bits per heavy atom. The smallest absolute Gasteiger partial charge is 0.210 e. The molecule has 0 radical (unpaired) electrons. The van der Waals surface area contributed by atoms with Crippen LogP contribution in [0, 0.1) is 13.8 Å². The Labute approximate surface area is 158 Å². The highest BCUT2D eigenvalue weighted by molar-refractivity contribution is 7.92. The molecule has 3 rings (SSSR count). The molecule has 0 fully saturated rings. The first-order valence-corrected chi connectivity index (χ1v) is 11.1. The van der Waals surface area contributed by atoms with Crippen LogP contribution < -0.4 is 0 Å². The van der Waals surface area contributed by atoms with Crippen molar-refractivity contribution in [2.24, 2.45) is 0 Å². The third kappa shape index (κ3) is 3.48. The van der Waals surface area contributed by atoms with E-state index < -0.39 is 30.3 Å². The topological polar surface area (TPSA) is 88.5 Å². The number of rotatable bonds is 4. The van der Waals surface area contributed by atoms with E-state index in [4.69, 9.17) is 0 Å². The van der Waals surface area contributed by atoms with Crippen LogP contribution in [0.15, 0.2) is 86.3 Å². The first kappa shape index (κ1) is 19.1. The lowest BCUT2D eigenvalue weighted by Crippen LogP contribution is -2.07. The van der Waals surface area contributed by atoms with Crippen molar-refractivity contribution in [3.8, 4) is 5.75 Å². The van der Waals surface area contributed by atoms with Crippen LogP contribution in [-0.2, 0) is 19.7 Å². The molecule has 0 aromatic heterocycles. The normalized spacial score (nSPS) is 12.1. The molecule has 0 spiro atoms. The molecule has 0 unspecified atom stereocenters. The molecule has 0 saturated heterocycles. The molecule has 140 valence electrons. The highest BCUT2D eigenvalue weighted by Gasteiger charge is 2.26. The summed E-state index contributed by atoms with van der Waals surface area (Å²) >= 11 is 0. The Morgan fingerprint density at radius 1 is 0.667 bits per heavy atom. The van der Waals surface area contributed by atoms with Gasteiger partial charge in [0.05, 0.1) is 14.7 Å². The second kappa shape index (κ2) is 6.83. The Bertz CT molecular complexity index is 1210. The summed E-state index contributed by atoms with van der Waals surface area (Å²) in [6, 6.07) is 15.8. The van der Waals surface area contributed by atoms with Gasteiger partial charge in [0, 0.05) is 0 Å². The Balaban J connectivity index is 2.19. The van der Waals surface area contributed by atoms with E-state index in [2.05, 4.69) is 0 Å². The summed E-state index contributed by atoms with van der Waals surface area (Å²) in [4.78, 5) is -0.565. The van der Waals surface area contributed by atoms with E-state index in [-0.39, 0.29) is 14.7 Å². The van der Waals surface area contributed by atoms with Crippen LogP contribution in [0.25, 0.3) is 0 Å². The second-order valence-corrected chi connectivity index (χ2v) is 10.1. The Kier molecular flexibility index (Phi) is 4.84. The van der Waals surface area contributed by atoms with Gasteiger partial charge in [0.1, 0.15) is 10.6 Å². The highest BCUT2D eigenvalue weighted by Crippen LogP contribution is 2.33. The summed E-state index contributed by atoms with van der Waals surface area (Å²) in [6.07, 6.45) is 0. The second-order valence-electron chi connectivity index (χ2n) is 6.22. The molecular weight excluding hydrogens is 384 g/mol. The number of hydrogen-bond donors (Lipinski definition) is 1. The molecule has 0 aliphatic carbocycles. The minimum atomic E-state index is -4.07. The van der Waals surface area contributed by atoms with Gasteiger partial charge in [-0.05, 0) is 55.8 Å². The van der Waals surface area contributed by atoms with Crippen LogP contribution in [0.5, 0.6) is 5.75 Å². The molecule has 0 saturated carbocycles. The fourth-order valence-corrected chi connectivity index (χ4v) is 5.80. The first-order valence-electron chi connectivity index (χ1n) is 8.09. The van der Waals surface area contributed by atoms with Gasteiger partial charge in [-0.3, -0.25) is 0 Å². The third-order valence-electron chi connectivity index (χ3n) is 4.20. The standard InChI is InChI=1S/C20H18O5S2/c1-14-8-11-19(15(2)12-14)27(24,25)17-9-10-18(21)20(13-17)26(22,23)16-6-4-3-5-7-16/h3-13,21H,1-2H3. The minimum absolute atomic E-state index is 0.0265. The van der Waals surface area contributed by atoms with Crippen LogP contribution >= 0.6 is 0 Å². The Morgan fingerprint density at radius 3 is 1.93 bits per heavy atom. The van der Waals surface area contributed by atoms with E-state index >= 15 is 0 Å². The lowest BCUT2D eigenvalue weighted by atomic mass is 10.2. The molecule has 27 heavy (non-hydrogen) atoms. The van der Waals surface area contributed by atoms with Crippen LogP contribution in [0.3, 0.4) is 0 Å². The van der Waals surface area contributed by atoms with E-state index in [1.165, 1.54) is 24.3 Å². The number of phenols is 1. The van der Waals surface area contributed by atoms with Gasteiger partial charge in [0.25, 0.3) is 0 Å². The van der Waals surface area contributed by atoms with Gasteiger partial charge in [-0.25, -0.2) is 16.8 Å². The molecule has 1 N–H and O–H groups in total. The number of hydrogen-bond acceptors (Lipinski definition) is 5. The maximum atomic E-state index is 13.0. The Hall–Kier alpha value is -2.64. The zero-order chi connectivity index (χ0) is 19.8. The lowest BCUT2D eigenvalue weighted by molar-refractivity contribution is 0.458. The molecule has 5 nitrogen and oxygen atoms in total. The van der Waals surface area contributed by atoms with Crippen molar-refractivity contribution in [2.75, 3.05) is 0 Å². The number of aromatic hydroxyl groups is 1. The predicted octanol–water partition coefficient (Wildman–Crippen LogP) is 3.67. The first-order chi connectivity index (χ1) is 12.6. The van der Waals surface area contributed by atoms with Crippen molar-refractivity contribution in [3.63, 3.8) is 0 Å². The fraction of sp³-hybridized carbons (Fsp3) is 0.100. The van der Waals surface area contributed by atoms with Gasteiger partial charge in [0.15, 0.2) is 0 Å². The van der Waals surface area contributed by atoms with Gasteiger partial charge in [-0.2, -0.15) is 0 Å². The van der Waals surface area contributed by atoms with Gasteiger partial charge in [-0.1, -0.05) is 35.9 Å². The molecule has 0 aliphatic rings. The maximum absolute atomic E-state index is 13.0. The molecule has 3 aromatic rings. The third-order valence-corrected chi connectivity index (χ3v) is 7.91. The van der Waals surface area contributed by atoms with Crippen LogP contribution in [0.2, 0.25) is 0 Å². The van der Waals surface area contributed by atoms with Crippen molar-refractivity contribution in [3.05, 3.63) is 77.9 Å². The predicted molar refractivity (Wildman–Crippen MR) is 101 cm³/mol. The summed E-state index contributed by atoms with van der Waals surface area (Å²) in [5.74, 6) is -0.501. The maximum Gasteiger partial charge on any atom is 0.210 e. The van der Waals surface area contributed by atoms with Crippen molar-refractivity contribution >= 4 is 19.7 Å². The number of benzene rings is 3. The van der Waals surface area contributed by atoms with Crippen molar-refractivity contribution < 1.29 is 21.9 Å². The van der Waals surface area contributed by atoms with Crippen LogP contribution in [0.1, 0.15) is 11.1 Å². The number of aryl methyl sites for hydroxylation is 2. The van der Waals surface area contributed by atoms with Crippen LogP contribution in [0.4, 0.5) is 0 Å². The largest absolute Gasteiger partial charge is 0.507 e. The molecule has 0 atom stereocenters. The minimum Gasteiger partial charge on any atom is -0.507 e. The molecule has 0 bridgehead atoms. The summed E-state index contributed by atoms with van der Waals surface area (Å²) < 4.78 is 51.7. The quantitative estimate of drug-likeness (QED) is 0.719. The van der Waals surface area contributed by atoms with Gasteiger partial charge >= 0.3 is 0 Å². The van der Waals surface area contributed by atoms with E-state index in [1.807, 2.05) is 6.92 Å². The number of sulfone groups is 2. The van der Waals surface area contributed by atoms with Crippen molar-refractivity contribution in [2.45, 2.75) is 33.4 Å². The number of phenolic OH excluding ortho intramolecular Hbond substituents is 1. The van der Waals surface area contributed by atoms with Crippen molar-refractivity contribution in [1.82, 2.24) is 0 Å². The molecule has 0 heterocycles. The van der Waals surface area contributed by atoms with Crippen molar-refractivity contribution in [1.29, 1.82) is 0 Å². The summed E-state index contributed by atoms with van der Waals surface area (Å²) in [5, 5.41) is 10.1. The highest BCUT2D eigenvalue weighted by atomic mass is 32.2. The van der Waals surface area contributed by atoms with Gasteiger partial charge in [0.2, 0.25) is 19.7 Å². The van der Waals surface area contributed by atoms with Gasteiger partial charge in [-0.15, -0.1) is 0 Å². The SMILES string of the molecule is Cc1ccc(S(=O)(=O)c2ccc(O)c(S(=O)(=O)c3ccccc3)c2)c(C)c1. The molecule has 7 heteroatoms. The lowest BCUT2D eigenvalue weighted by Gasteiger charge is -2.12.